The average molecular weight is 398 g/mol. The molecule has 0 radical (unpaired) electrons. The van der Waals surface area contributed by atoms with Gasteiger partial charge in [0, 0.05) is 11.6 Å². The third-order valence-corrected chi connectivity index (χ3v) is 5.39. The van der Waals surface area contributed by atoms with Crippen molar-refractivity contribution in [3.63, 3.8) is 0 Å². The fraction of sp³-hybridized carbons (Fsp3) is 0.273. The van der Waals surface area contributed by atoms with Crippen LogP contribution in [0.25, 0.3) is 10.9 Å². The summed E-state index contributed by atoms with van der Waals surface area (Å²) in [6, 6.07) is 13.0. The quantitative estimate of drug-likeness (QED) is 0.543. The van der Waals surface area contributed by atoms with E-state index in [1.165, 1.54) is 4.90 Å². The number of benzene rings is 2. The van der Waals surface area contributed by atoms with E-state index in [-0.39, 0.29) is 5.97 Å². The average Bonchev–Trinajstić information content (AvgIpc) is 2.72. The van der Waals surface area contributed by atoms with Crippen molar-refractivity contribution in [3.8, 4) is 5.75 Å². The Morgan fingerprint density at radius 1 is 1.21 bits per heavy atom. The molecule has 0 unspecified atom stereocenters. The summed E-state index contributed by atoms with van der Waals surface area (Å²) >= 11 is 6.52. The lowest BCUT2D eigenvalue weighted by atomic mass is 10.1. The van der Waals surface area contributed by atoms with Gasteiger partial charge in [0.15, 0.2) is 5.75 Å². The van der Waals surface area contributed by atoms with Crippen molar-refractivity contribution in [2.75, 3.05) is 26.3 Å². The van der Waals surface area contributed by atoms with E-state index in [1.807, 2.05) is 43.3 Å². The molecule has 0 aliphatic carbocycles. The number of aromatic nitrogens is 1. The second-order valence-electron chi connectivity index (χ2n) is 6.99. The van der Waals surface area contributed by atoms with Crippen LogP contribution in [0.1, 0.15) is 21.5 Å². The molecule has 6 heteroatoms. The van der Waals surface area contributed by atoms with Crippen molar-refractivity contribution in [2.45, 2.75) is 13.5 Å². The number of hydrogen-bond donors (Lipinski definition) is 1. The molecule has 144 valence electrons. The zero-order valence-electron chi connectivity index (χ0n) is 15.7. The van der Waals surface area contributed by atoms with Crippen LogP contribution in [-0.2, 0) is 11.3 Å². The lowest BCUT2D eigenvalue weighted by molar-refractivity contribution is -0.921. The highest BCUT2D eigenvalue weighted by Gasteiger charge is 2.23. The first-order valence-electron chi connectivity index (χ1n) is 9.38. The van der Waals surface area contributed by atoms with E-state index >= 15 is 0 Å². The van der Waals surface area contributed by atoms with Crippen LogP contribution in [0.4, 0.5) is 0 Å². The van der Waals surface area contributed by atoms with Crippen LogP contribution in [0.3, 0.4) is 0 Å². The van der Waals surface area contributed by atoms with Crippen LogP contribution >= 0.6 is 11.6 Å². The van der Waals surface area contributed by atoms with E-state index in [9.17, 15) is 4.79 Å². The van der Waals surface area contributed by atoms with Crippen LogP contribution in [0.2, 0.25) is 5.02 Å². The van der Waals surface area contributed by atoms with Gasteiger partial charge in [0.2, 0.25) is 0 Å². The fourth-order valence-corrected chi connectivity index (χ4v) is 3.81. The Morgan fingerprint density at radius 3 is 2.79 bits per heavy atom. The van der Waals surface area contributed by atoms with Crippen molar-refractivity contribution in [3.05, 3.63) is 70.4 Å². The Kier molecular flexibility index (Phi) is 5.57. The molecule has 0 spiro atoms. The minimum Gasteiger partial charge on any atom is -0.420 e. The van der Waals surface area contributed by atoms with Gasteiger partial charge in [0.05, 0.1) is 29.4 Å². The molecule has 1 fully saturated rings. The number of carbonyl (C=O) groups is 1. The van der Waals surface area contributed by atoms with Crippen molar-refractivity contribution in [1.82, 2.24) is 4.98 Å². The summed E-state index contributed by atoms with van der Waals surface area (Å²) in [4.78, 5) is 18.7. The van der Waals surface area contributed by atoms with Crippen LogP contribution < -0.4 is 9.64 Å². The third kappa shape index (κ3) is 3.87. The number of nitrogens with one attached hydrogen (secondary N) is 1. The number of morpholine rings is 1. The number of esters is 1. The highest BCUT2D eigenvalue weighted by atomic mass is 35.5. The first kappa shape index (κ1) is 18.9. The summed E-state index contributed by atoms with van der Waals surface area (Å²) in [5.41, 5.74) is 2.92. The van der Waals surface area contributed by atoms with Gasteiger partial charge in [-0.05, 0) is 36.8 Å². The summed E-state index contributed by atoms with van der Waals surface area (Å²) in [5, 5.41) is 1.39. The summed E-state index contributed by atoms with van der Waals surface area (Å²) in [6.07, 6.45) is 1.69. The van der Waals surface area contributed by atoms with Gasteiger partial charge >= 0.3 is 5.97 Å². The molecule has 0 bridgehead atoms. The Bertz CT molecular complexity index is 1020. The molecule has 1 saturated heterocycles. The van der Waals surface area contributed by atoms with E-state index in [0.29, 0.717) is 28.4 Å². The van der Waals surface area contributed by atoms with Crippen molar-refractivity contribution in [2.24, 2.45) is 0 Å². The zero-order chi connectivity index (χ0) is 19.5. The van der Waals surface area contributed by atoms with Gasteiger partial charge in [0.1, 0.15) is 25.2 Å². The third-order valence-electron chi connectivity index (χ3n) is 5.07. The van der Waals surface area contributed by atoms with Crippen LogP contribution in [0.15, 0.2) is 48.7 Å². The van der Waals surface area contributed by atoms with Gasteiger partial charge in [-0.2, -0.15) is 0 Å². The minimum absolute atomic E-state index is 0.384. The maximum atomic E-state index is 12.9. The molecule has 5 nitrogen and oxygen atoms in total. The molecule has 0 atom stereocenters. The molecule has 2 aromatic carbocycles. The van der Waals surface area contributed by atoms with Crippen molar-refractivity contribution >= 4 is 28.5 Å². The summed E-state index contributed by atoms with van der Waals surface area (Å²) < 4.78 is 11.4. The molecule has 3 aromatic rings. The molecular weight excluding hydrogens is 376 g/mol. The van der Waals surface area contributed by atoms with Gasteiger partial charge in [0.25, 0.3) is 0 Å². The zero-order valence-corrected chi connectivity index (χ0v) is 16.5. The standard InChI is InChI=1S/C22H21ClN2O3/c1-15-5-2-3-6-17(15)22(26)28-21-16(14-25-9-11-27-12-10-25)13-19(23)18-7-4-8-24-20(18)21/h2-8,13H,9-12,14H2,1H3/p+1. The molecule has 4 rings (SSSR count). The summed E-state index contributed by atoms with van der Waals surface area (Å²) in [5.74, 6) is 0.109. The number of nitrogens with zero attached hydrogens (tertiary/aromatic N) is 1. The SMILES string of the molecule is Cc1ccccc1C(=O)Oc1c(C[NH+]2CCOCC2)cc(Cl)c2cccnc12. The predicted octanol–water partition coefficient (Wildman–Crippen LogP) is 2.83. The molecule has 1 N–H and O–H groups in total. The van der Waals surface area contributed by atoms with Gasteiger partial charge in [-0.1, -0.05) is 29.8 Å². The highest BCUT2D eigenvalue weighted by molar-refractivity contribution is 6.35. The molecule has 28 heavy (non-hydrogen) atoms. The Morgan fingerprint density at radius 2 is 2.00 bits per heavy atom. The number of hydrogen-bond acceptors (Lipinski definition) is 4. The van der Waals surface area contributed by atoms with E-state index < -0.39 is 0 Å². The van der Waals surface area contributed by atoms with E-state index in [4.69, 9.17) is 21.1 Å². The predicted molar refractivity (Wildman–Crippen MR) is 108 cm³/mol. The smallest absolute Gasteiger partial charge is 0.343 e. The van der Waals surface area contributed by atoms with Gasteiger partial charge < -0.3 is 14.4 Å². The van der Waals surface area contributed by atoms with E-state index in [0.717, 1.165) is 42.8 Å². The second kappa shape index (κ2) is 8.27. The minimum atomic E-state index is -0.384. The lowest BCUT2D eigenvalue weighted by Crippen LogP contribution is -3.12. The number of fused-ring (bicyclic) bond motifs is 1. The highest BCUT2D eigenvalue weighted by Crippen LogP contribution is 2.34. The molecule has 2 heterocycles. The number of halogens is 1. The first-order valence-corrected chi connectivity index (χ1v) is 9.76. The van der Waals surface area contributed by atoms with Crippen molar-refractivity contribution in [1.29, 1.82) is 0 Å². The lowest BCUT2D eigenvalue weighted by Gasteiger charge is -2.25. The number of carbonyl (C=O) groups excluding carboxylic acids is 1. The van der Waals surface area contributed by atoms with E-state index in [1.54, 1.807) is 12.3 Å². The van der Waals surface area contributed by atoms with Crippen LogP contribution in [0, 0.1) is 6.92 Å². The maximum absolute atomic E-state index is 12.9. The van der Waals surface area contributed by atoms with Crippen LogP contribution in [0.5, 0.6) is 5.75 Å². The second-order valence-corrected chi connectivity index (χ2v) is 7.40. The number of aryl methyl sites for hydroxylation is 1. The van der Waals surface area contributed by atoms with Crippen molar-refractivity contribution < 1.29 is 19.2 Å². The van der Waals surface area contributed by atoms with Crippen LogP contribution in [-0.4, -0.2) is 37.3 Å². The summed E-state index contributed by atoms with van der Waals surface area (Å²) in [6.45, 7) is 5.87. The van der Waals surface area contributed by atoms with Gasteiger partial charge in [-0.25, -0.2) is 4.79 Å². The molecule has 1 aliphatic heterocycles. The maximum Gasteiger partial charge on any atom is 0.343 e. The number of ether oxygens (including phenoxy) is 2. The molecule has 0 saturated carbocycles. The van der Waals surface area contributed by atoms with E-state index in [2.05, 4.69) is 4.98 Å². The molecule has 1 aromatic heterocycles. The number of quaternary nitrogens is 1. The molecule has 0 amide bonds. The monoisotopic (exact) mass is 397 g/mol. The topological polar surface area (TPSA) is 52.9 Å². The Labute approximate surface area is 168 Å². The normalized spacial score (nSPS) is 14.9. The molecule has 1 aliphatic rings. The first-order chi connectivity index (χ1) is 13.6. The van der Waals surface area contributed by atoms with Gasteiger partial charge in [-0.3, -0.25) is 4.98 Å². The number of rotatable bonds is 4. The fourth-order valence-electron chi connectivity index (χ4n) is 3.53. The van der Waals surface area contributed by atoms with Gasteiger partial charge in [-0.15, -0.1) is 0 Å². The summed E-state index contributed by atoms with van der Waals surface area (Å²) in [7, 11) is 0. The molecular formula is C22H22ClN2O3+. The Balaban J connectivity index is 1.75. The number of pyridine rings is 1. The largest absolute Gasteiger partial charge is 0.420 e. The Hall–Kier alpha value is -2.47.